The van der Waals surface area contributed by atoms with Crippen molar-refractivity contribution in [3.05, 3.63) is 12.2 Å². The first kappa shape index (κ1) is 7.28. The molecule has 0 spiro atoms. The minimum absolute atomic E-state index is 0.284. The van der Waals surface area contributed by atoms with Gasteiger partial charge in [0, 0.05) is 12.1 Å². The summed E-state index contributed by atoms with van der Waals surface area (Å²) in [6, 6.07) is 0.388. The molecule has 1 rings (SSSR count). The third-order valence-electron chi connectivity index (χ3n) is 1.53. The lowest BCUT2D eigenvalue weighted by Gasteiger charge is -2.23. The van der Waals surface area contributed by atoms with Crippen LogP contribution in [0.15, 0.2) is 12.2 Å². The van der Waals surface area contributed by atoms with Gasteiger partial charge in [-0.15, -0.1) is 0 Å². The first-order valence-corrected chi connectivity index (χ1v) is 3.32. The smallest absolute Gasteiger partial charge is 0.330 e. The molecule has 1 aliphatic heterocycles. The van der Waals surface area contributed by atoms with E-state index in [1.54, 1.807) is 0 Å². The molecule has 1 saturated heterocycles. The van der Waals surface area contributed by atoms with E-state index in [1.165, 1.54) is 13.2 Å². The van der Waals surface area contributed by atoms with E-state index in [4.69, 9.17) is 0 Å². The Bertz CT molecular complexity index is 150. The summed E-state index contributed by atoms with van der Waals surface area (Å²) in [5.74, 6) is -0.284. The van der Waals surface area contributed by atoms with Gasteiger partial charge in [0.1, 0.15) is 0 Å². The average Bonchev–Trinajstić information content (AvgIpc) is 1.84. The van der Waals surface area contributed by atoms with Crippen molar-refractivity contribution >= 4 is 5.97 Å². The zero-order chi connectivity index (χ0) is 7.40. The van der Waals surface area contributed by atoms with E-state index in [1.807, 2.05) is 6.08 Å². The Morgan fingerprint density at radius 2 is 2.50 bits per heavy atom. The Balaban J connectivity index is 2.21. The van der Waals surface area contributed by atoms with Crippen molar-refractivity contribution in [3.8, 4) is 0 Å². The van der Waals surface area contributed by atoms with Crippen LogP contribution >= 0.6 is 0 Å². The molecule has 0 aliphatic carbocycles. The lowest BCUT2D eigenvalue weighted by molar-refractivity contribution is -0.134. The van der Waals surface area contributed by atoms with Gasteiger partial charge in [-0.1, -0.05) is 6.08 Å². The predicted molar refractivity (Wildman–Crippen MR) is 37.6 cm³/mol. The molecular formula is C7H11NO2. The lowest BCUT2D eigenvalue weighted by atomic mass is 10.1. The fourth-order valence-corrected chi connectivity index (χ4v) is 0.738. The van der Waals surface area contributed by atoms with Gasteiger partial charge in [0.05, 0.1) is 7.11 Å². The van der Waals surface area contributed by atoms with Crippen molar-refractivity contribution in [1.82, 2.24) is 5.32 Å². The molecule has 1 unspecified atom stereocenters. The molecule has 1 aliphatic rings. The molecule has 3 nitrogen and oxygen atoms in total. The van der Waals surface area contributed by atoms with E-state index >= 15 is 0 Å². The number of ether oxygens (including phenoxy) is 1. The molecule has 1 heterocycles. The van der Waals surface area contributed by atoms with Gasteiger partial charge in [-0.25, -0.2) is 4.79 Å². The standard InChI is InChI=1S/C7H11NO2/c1-10-7(9)3-2-6-4-5-8-6/h2-3,6,8H,4-5H2,1H3/b3-2+. The summed E-state index contributed by atoms with van der Waals surface area (Å²) in [5.41, 5.74) is 0. The minimum Gasteiger partial charge on any atom is -0.466 e. The van der Waals surface area contributed by atoms with Crippen molar-refractivity contribution in [2.75, 3.05) is 13.7 Å². The van der Waals surface area contributed by atoms with Crippen molar-refractivity contribution in [3.63, 3.8) is 0 Å². The fraction of sp³-hybridized carbons (Fsp3) is 0.571. The maximum Gasteiger partial charge on any atom is 0.330 e. The molecule has 3 heteroatoms. The zero-order valence-electron chi connectivity index (χ0n) is 5.96. The van der Waals surface area contributed by atoms with Gasteiger partial charge >= 0.3 is 5.97 Å². The average molecular weight is 141 g/mol. The Labute approximate surface area is 60.1 Å². The van der Waals surface area contributed by atoms with E-state index < -0.39 is 0 Å². The van der Waals surface area contributed by atoms with Crippen molar-refractivity contribution < 1.29 is 9.53 Å². The topological polar surface area (TPSA) is 38.3 Å². The number of hydrogen-bond donors (Lipinski definition) is 1. The van der Waals surface area contributed by atoms with E-state index in [9.17, 15) is 4.79 Å². The van der Waals surface area contributed by atoms with Crippen LogP contribution in [0, 0.1) is 0 Å². The lowest BCUT2D eigenvalue weighted by Crippen LogP contribution is -2.41. The number of carbonyl (C=O) groups excluding carboxylic acids is 1. The molecule has 56 valence electrons. The Hall–Kier alpha value is -0.830. The highest BCUT2D eigenvalue weighted by atomic mass is 16.5. The normalized spacial score (nSPS) is 24.3. The second kappa shape index (κ2) is 3.37. The van der Waals surface area contributed by atoms with Crippen LogP contribution in [0.4, 0.5) is 0 Å². The van der Waals surface area contributed by atoms with Gasteiger partial charge in [-0.3, -0.25) is 0 Å². The molecule has 1 atom stereocenters. The molecule has 0 aromatic carbocycles. The number of methoxy groups -OCH3 is 1. The summed E-state index contributed by atoms with van der Waals surface area (Å²) in [6.07, 6.45) is 4.40. The van der Waals surface area contributed by atoms with E-state index in [0.29, 0.717) is 6.04 Å². The van der Waals surface area contributed by atoms with Crippen molar-refractivity contribution in [2.24, 2.45) is 0 Å². The monoisotopic (exact) mass is 141 g/mol. The van der Waals surface area contributed by atoms with E-state index in [2.05, 4.69) is 10.1 Å². The van der Waals surface area contributed by atoms with Gasteiger partial charge in [0.2, 0.25) is 0 Å². The molecule has 0 amide bonds. The first-order valence-electron chi connectivity index (χ1n) is 3.32. The summed E-state index contributed by atoms with van der Waals surface area (Å²) >= 11 is 0. The minimum atomic E-state index is -0.284. The SMILES string of the molecule is COC(=O)/C=C/C1CCN1. The van der Waals surface area contributed by atoms with Crippen LogP contribution in [0.5, 0.6) is 0 Å². The van der Waals surface area contributed by atoms with Crippen LogP contribution in [0.1, 0.15) is 6.42 Å². The van der Waals surface area contributed by atoms with Crippen LogP contribution < -0.4 is 5.32 Å². The molecule has 0 aromatic rings. The van der Waals surface area contributed by atoms with Gasteiger partial charge in [-0.2, -0.15) is 0 Å². The highest BCUT2D eigenvalue weighted by Gasteiger charge is 2.12. The number of carbonyl (C=O) groups is 1. The van der Waals surface area contributed by atoms with Gasteiger partial charge in [-0.05, 0) is 13.0 Å². The molecule has 0 aromatic heterocycles. The zero-order valence-corrected chi connectivity index (χ0v) is 5.96. The third-order valence-corrected chi connectivity index (χ3v) is 1.53. The van der Waals surface area contributed by atoms with Gasteiger partial charge in [0.15, 0.2) is 0 Å². The van der Waals surface area contributed by atoms with Crippen LogP contribution in [-0.4, -0.2) is 25.7 Å². The second-order valence-corrected chi connectivity index (χ2v) is 2.23. The van der Waals surface area contributed by atoms with Crippen LogP contribution in [-0.2, 0) is 9.53 Å². The molecule has 0 saturated carbocycles. The maximum atomic E-state index is 10.5. The molecule has 1 fully saturated rings. The number of hydrogen-bond acceptors (Lipinski definition) is 3. The summed E-state index contributed by atoms with van der Waals surface area (Å²) in [5, 5.41) is 3.13. The van der Waals surface area contributed by atoms with Crippen LogP contribution in [0.2, 0.25) is 0 Å². The quantitative estimate of drug-likeness (QED) is 0.437. The third kappa shape index (κ3) is 1.84. The fourth-order valence-electron chi connectivity index (χ4n) is 0.738. The first-order chi connectivity index (χ1) is 4.83. The maximum absolute atomic E-state index is 10.5. The molecule has 10 heavy (non-hydrogen) atoms. The number of esters is 1. The van der Waals surface area contributed by atoms with E-state index in [-0.39, 0.29) is 5.97 Å². The number of rotatable bonds is 2. The second-order valence-electron chi connectivity index (χ2n) is 2.23. The van der Waals surface area contributed by atoms with Gasteiger partial charge in [0.25, 0.3) is 0 Å². The molecule has 1 N–H and O–H groups in total. The van der Waals surface area contributed by atoms with Crippen LogP contribution in [0.25, 0.3) is 0 Å². The molecule has 0 radical (unpaired) electrons. The van der Waals surface area contributed by atoms with Crippen LogP contribution in [0.3, 0.4) is 0 Å². The Morgan fingerprint density at radius 3 is 2.90 bits per heavy atom. The Morgan fingerprint density at radius 1 is 1.80 bits per heavy atom. The number of nitrogens with one attached hydrogen (secondary N) is 1. The molecular weight excluding hydrogens is 130 g/mol. The van der Waals surface area contributed by atoms with Gasteiger partial charge < -0.3 is 10.1 Å². The molecule has 0 bridgehead atoms. The highest BCUT2D eigenvalue weighted by molar-refractivity contribution is 5.81. The predicted octanol–water partition coefficient (Wildman–Crippen LogP) is 0.0775. The Kier molecular flexibility index (Phi) is 2.45. The largest absolute Gasteiger partial charge is 0.466 e. The summed E-state index contributed by atoms with van der Waals surface area (Å²) in [7, 11) is 1.38. The van der Waals surface area contributed by atoms with Crippen molar-refractivity contribution in [2.45, 2.75) is 12.5 Å². The summed E-state index contributed by atoms with van der Waals surface area (Å²) in [6.45, 7) is 1.05. The summed E-state index contributed by atoms with van der Waals surface area (Å²) in [4.78, 5) is 10.5. The highest BCUT2D eigenvalue weighted by Crippen LogP contribution is 2.02. The van der Waals surface area contributed by atoms with Crippen molar-refractivity contribution in [1.29, 1.82) is 0 Å². The van der Waals surface area contributed by atoms with E-state index in [0.717, 1.165) is 13.0 Å². The summed E-state index contributed by atoms with van der Waals surface area (Å²) < 4.78 is 4.42.